The number of anilines is 1. The Morgan fingerprint density at radius 3 is 2.94 bits per heavy atom. The molecule has 5 nitrogen and oxygen atoms in total. The SMILES string of the molecule is COC(CN)CC(=O)Nc1ccc(Br)cn1. The summed E-state index contributed by atoms with van der Waals surface area (Å²) in [7, 11) is 1.53. The minimum atomic E-state index is -0.254. The fourth-order valence-electron chi connectivity index (χ4n) is 1.11. The lowest BCUT2D eigenvalue weighted by Crippen LogP contribution is -2.28. The van der Waals surface area contributed by atoms with E-state index in [4.69, 9.17) is 10.5 Å². The molecule has 0 saturated heterocycles. The summed E-state index contributed by atoms with van der Waals surface area (Å²) in [6, 6.07) is 3.52. The Kier molecular flexibility index (Phi) is 5.37. The van der Waals surface area contributed by atoms with Gasteiger partial charge in [-0.25, -0.2) is 4.98 Å². The molecule has 1 unspecified atom stereocenters. The number of halogens is 1. The Labute approximate surface area is 103 Å². The smallest absolute Gasteiger partial charge is 0.228 e. The van der Waals surface area contributed by atoms with E-state index in [-0.39, 0.29) is 18.4 Å². The second-order valence-electron chi connectivity index (χ2n) is 3.21. The molecule has 0 bridgehead atoms. The zero-order chi connectivity index (χ0) is 12.0. The van der Waals surface area contributed by atoms with Crippen molar-refractivity contribution in [1.29, 1.82) is 0 Å². The van der Waals surface area contributed by atoms with Gasteiger partial charge in [0.1, 0.15) is 5.82 Å². The van der Waals surface area contributed by atoms with Crippen LogP contribution >= 0.6 is 15.9 Å². The summed E-state index contributed by atoms with van der Waals surface area (Å²) >= 11 is 3.26. The molecular weight excluding hydrogens is 274 g/mol. The first-order valence-electron chi connectivity index (χ1n) is 4.80. The third-order valence-electron chi connectivity index (χ3n) is 2.00. The van der Waals surface area contributed by atoms with Crippen LogP contribution in [0.4, 0.5) is 5.82 Å². The predicted molar refractivity (Wildman–Crippen MR) is 65.0 cm³/mol. The van der Waals surface area contributed by atoms with Gasteiger partial charge in [-0.1, -0.05) is 0 Å². The number of methoxy groups -OCH3 is 1. The third-order valence-corrected chi connectivity index (χ3v) is 2.47. The largest absolute Gasteiger partial charge is 0.380 e. The Hall–Kier alpha value is -0.980. The van der Waals surface area contributed by atoms with Crippen LogP contribution in [0.1, 0.15) is 6.42 Å². The number of ether oxygens (including phenoxy) is 1. The Bertz CT molecular complexity index is 338. The van der Waals surface area contributed by atoms with E-state index in [1.54, 1.807) is 18.3 Å². The molecule has 0 saturated carbocycles. The van der Waals surface area contributed by atoms with Crippen LogP contribution in [0.5, 0.6) is 0 Å². The van der Waals surface area contributed by atoms with Gasteiger partial charge < -0.3 is 15.8 Å². The summed E-state index contributed by atoms with van der Waals surface area (Å²) < 4.78 is 5.88. The Morgan fingerprint density at radius 2 is 2.44 bits per heavy atom. The van der Waals surface area contributed by atoms with Crippen LogP contribution in [0.15, 0.2) is 22.8 Å². The lowest BCUT2D eigenvalue weighted by atomic mass is 10.2. The van der Waals surface area contributed by atoms with E-state index in [0.717, 1.165) is 4.47 Å². The maximum Gasteiger partial charge on any atom is 0.228 e. The molecule has 0 aliphatic rings. The summed E-state index contributed by atoms with van der Waals surface area (Å²) in [6.45, 7) is 0.317. The van der Waals surface area contributed by atoms with Gasteiger partial charge in [-0.15, -0.1) is 0 Å². The van der Waals surface area contributed by atoms with E-state index in [0.29, 0.717) is 12.4 Å². The van der Waals surface area contributed by atoms with E-state index in [9.17, 15) is 4.79 Å². The summed E-state index contributed by atoms with van der Waals surface area (Å²) in [6.07, 6.45) is 1.59. The monoisotopic (exact) mass is 287 g/mol. The van der Waals surface area contributed by atoms with Crippen molar-refractivity contribution in [3.05, 3.63) is 22.8 Å². The van der Waals surface area contributed by atoms with E-state index in [2.05, 4.69) is 26.2 Å². The average molecular weight is 288 g/mol. The van der Waals surface area contributed by atoms with E-state index in [1.807, 2.05) is 0 Å². The van der Waals surface area contributed by atoms with Crippen LogP contribution < -0.4 is 11.1 Å². The first-order valence-corrected chi connectivity index (χ1v) is 5.59. The number of nitrogens with one attached hydrogen (secondary N) is 1. The van der Waals surface area contributed by atoms with Crippen molar-refractivity contribution in [3.63, 3.8) is 0 Å². The molecule has 1 rings (SSSR count). The number of carbonyl (C=O) groups excluding carboxylic acids is 1. The molecule has 0 fully saturated rings. The van der Waals surface area contributed by atoms with Gasteiger partial charge >= 0.3 is 0 Å². The molecule has 1 heterocycles. The average Bonchev–Trinajstić information content (AvgIpc) is 2.29. The van der Waals surface area contributed by atoms with Gasteiger partial charge in [0, 0.05) is 24.3 Å². The Morgan fingerprint density at radius 1 is 1.69 bits per heavy atom. The van der Waals surface area contributed by atoms with Gasteiger partial charge in [-0.3, -0.25) is 4.79 Å². The highest BCUT2D eigenvalue weighted by Gasteiger charge is 2.11. The maximum absolute atomic E-state index is 11.5. The summed E-state index contributed by atoms with van der Waals surface area (Å²) in [5.41, 5.74) is 5.42. The van der Waals surface area contributed by atoms with Crippen LogP contribution in [-0.2, 0) is 9.53 Å². The lowest BCUT2D eigenvalue weighted by Gasteiger charge is -2.12. The van der Waals surface area contributed by atoms with Crippen molar-refractivity contribution in [2.75, 3.05) is 19.0 Å². The minimum absolute atomic E-state index is 0.160. The number of amides is 1. The van der Waals surface area contributed by atoms with Crippen LogP contribution in [0.25, 0.3) is 0 Å². The van der Waals surface area contributed by atoms with E-state index in [1.165, 1.54) is 7.11 Å². The first kappa shape index (κ1) is 13.1. The fraction of sp³-hybridized carbons (Fsp3) is 0.400. The minimum Gasteiger partial charge on any atom is -0.380 e. The molecule has 6 heteroatoms. The zero-order valence-electron chi connectivity index (χ0n) is 8.94. The number of nitrogens with two attached hydrogens (primary N) is 1. The number of hydrogen-bond acceptors (Lipinski definition) is 4. The topological polar surface area (TPSA) is 77.2 Å². The van der Waals surface area contributed by atoms with Crippen molar-refractivity contribution < 1.29 is 9.53 Å². The molecule has 1 aromatic rings. The molecule has 1 aromatic heterocycles. The summed E-state index contributed by atoms with van der Waals surface area (Å²) in [4.78, 5) is 15.6. The molecule has 88 valence electrons. The summed E-state index contributed by atoms with van der Waals surface area (Å²) in [5, 5.41) is 2.66. The molecule has 16 heavy (non-hydrogen) atoms. The quantitative estimate of drug-likeness (QED) is 0.852. The molecular formula is C10H14BrN3O2. The molecule has 1 amide bonds. The van der Waals surface area contributed by atoms with Crippen LogP contribution in [0.2, 0.25) is 0 Å². The second-order valence-corrected chi connectivity index (χ2v) is 4.12. The highest BCUT2D eigenvalue weighted by molar-refractivity contribution is 9.10. The number of aromatic nitrogens is 1. The van der Waals surface area contributed by atoms with Gasteiger partial charge in [0.05, 0.1) is 12.5 Å². The van der Waals surface area contributed by atoms with Crippen molar-refractivity contribution in [1.82, 2.24) is 4.98 Å². The normalized spacial score (nSPS) is 12.2. The molecule has 0 aliphatic heterocycles. The molecule has 3 N–H and O–H groups in total. The molecule has 0 aliphatic carbocycles. The molecule has 0 radical (unpaired) electrons. The van der Waals surface area contributed by atoms with Crippen molar-refractivity contribution in [2.24, 2.45) is 5.73 Å². The fourth-order valence-corrected chi connectivity index (χ4v) is 1.35. The van der Waals surface area contributed by atoms with Gasteiger partial charge in [-0.2, -0.15) is 0 Å². The second kappa shape index (κ2) is 6.57. The molecule has 0 spiro atoms. The van der Waals surface area contributed by atoms with Gasteiger partial charge in [0.15, 0.2) is 0 Å². The highest BCUT2D eigenvalue weighted by Crippen LogP contribution is 2.10. The molecule has 0 aromatic carbocycles. The highest BCUT2D eigenvalue weighted by atomic mass is 79.9. The van der Waals surface area contributed by atoms with Gasteiger partial charge in [0.2, 0.25) is 5.91 Å². The first-order chi connectivity index (χ1) is 7.65. The summed E-state index contributed by atoms with van der Waals surface area (Å²) in [5.74, 6) is 0.354. The predicted octanol–water partition coefficient (Wildman–Crippen LogP) is 1.15. The maximum atomic E-state index is 11.5. The van der Waals surface area contributed by atoms with Crippen molar-refractivity contribution in [3.8, 4) is 0 Å². The standard InChI is InChI=1S/C10H14BrN3O2/c1-16-8(5-12)4-10(15)14-9-3-2-7(11)6-13-9/h2-3,6,8H,4-5,12H2,1H3,(H,13,14,15). The lowest BCUT2D eigenvalue weighted by molar-refractivity contribution is -0.118. The number of carbonyl (C=O) groups is 1. The number of pyridine rings is 1. The van der Waals surface area contributed by atoms with Gasteiger partial charge in [0.25, 0.3) is 0 Å². The van der Waals surface area contributed by atoms with Crippen molar-refractivity contribution in [2.45, 2.75) is 12.5 Å². The molecule has 1 atom stereocenters. The number of rotatable bonds is 5. The van der Waals surface area contributed by atoms with E-state index >= 15 is 0 Å². The van der Waals surface area contributed by atoms with Crippen LogP contribution in [0, 0.1) is 0 Å². The number of nitrogens with zero attached hydrogens (tertiary/aromatic N) is 1. The Balaban J connectivity index is 2.48. The van der Waals surface area contributed by atoms with Crippen molar-refractivity contribution >= 4 is 27.7 Å². The number of hydrogen-bond donors (Lipinski definition) is 2. The zero-order valence-corrected chi connectivity index (χ0v) is 10.5. The van der Waals surface area contributed by atoms with Crippen LogP contribution in [-0.4, -0.2) is 30.6 Å². The van der Waals surface area contributed by atoms with Gasteiger partial charge in [-0.05, 0) is 28.1 Å². The third kappa shape index (κ3) is 4.26. The van der Waals surface area contributed by atoms with Crippen LogP contribution in [0.3, 0.4) is 0 Å². The van der Waals surface area contributed by atoms with E-state index < -0.39 is 0 Å².